The van der Waals surface area contributed by atoms with Crippen molar-refractivity contribution in [3.63, 3.8) is 0 Å². The lowest BCUT2D eigenvalue weighted by molar-refractivity contribution is -0.141. The van der Waals surface area contributed by atoms with Gasteiger partial charge in [0, 0.05) is 12.2 Å². The topological polar surface area (TPSA) is 97.0 Å². The van der Waals surface area contributed by atoms with E-state index >= 15 is 0 Å². The fourth-order valence-electron chi connectivity index (χ4n) is 4.37. The number of unbranched alkanes of at least 4 members (excludes halogenated alkanes) is 4. The molecule has 0 aliphatic rings. The number of benzene rings is 2. The predicted molar refractivity (Wildman–Crippen MR) is 159 cm³/mol. The predicted octanol–water partition coefficient (Wildman–Crippen LogP) is 6.72. The summed E-state index contributed by atoms with van der Waals surface area (Å²) in [6, 6.07) is 14.6. The standard InChI is InChI=1S/C32H47N3O5/c1-8-9-10-11-15-22-35(30(37)27(23(2)3)34-31(38)40-32(4,5)6)28(24-16-13-12-14-17-24)29(36)33-25-18-20-26(39-7)21-19-25/h12-14,16-21,23,27-28H,8-11,15,22H2,1-7H3,(H,33,36)(H,34,38). The molecule has 2 rings (SSSR count). The van der Waals surface area contributed by atoms with Gasteiger partial charge < -0.3 is 25.0 Å². The van der Waals surface area contributed by atoms with Gasteiger partial charge in [-0.25, -0.2) is 4.79 Å². The Balaban J connectivity index is 2.45. The second-order valence-electron chi connectivity index (χ2n) is 11.3. The van der Waals surface area contributed by atoms with Crippen LogP contribution in [0.4, 0.5) is 10.5 Å². The molecule has 2 aromatic carbocycles. The lowest BCUT2D eigenvalue weighted by atomic mass is 9.98. The van der Waals surface area contributed by atoms with Gasteiger partial charge in [-0.3, -0.25) is 9.59 Å². The van der Waals surface area contributed by atoms with Crippen LogP contribution in [-0.4, -0.2) is 48.1 Å². The first kappa shape index (κ1) is 32.7. The fourth-order valence-corrected chi connectivity index (χ4v) is 4.37. The Morgan fingerprint density at radius 3 is 2.08 bits per heavy atom. The summed E-state index contributed by atoms with van der Waals surface area (Å²) >= 11 is 0. The first-order valence-electron chi connectivity index (χ1n) is 14.3. The molecular weight excluding hydrogens is 506 g/mol. The van der Waals surface area contributed by atoms with Crippen molar-refractivity contribution in [3.8, 4) is 5.75 Å². The van der Waals surface area contributed by atoms with Gasteiger partial charge in [0.2, 0.25) is 5.91 Å². The zero-order valence-corrected chi connectivity index (χ0v) is 25.2. The lowest BCUT2D eigenvalue weighted by Crippen LogP contribution is -2.54. The number of anilines is 1. The molecule has 0 saturated carbocycles. The molecule has 2 N–H and O–H groups in total. The van der Waals surface area contributed by atoms with E-state index in [-0.39, 0.29) is 17.7 Å². The summed E-state index contributed by atoms with van der Waals surface area (Å²) in [4.78, 5) is 42.4. The van der Waals surface area contributed by atoms with Crippen molar-refractivity contribution in [2.75, 3.05) is 19.0 Å². The molecule has 220 valence electrons. The van der Waals surface area contributed by atoms with E-state index in [1.54, 1.807) is 57.0 Å². The molecule has 2 aromatic rings. The van der Waals surface area contributed by atoms with Gasteiger partial charge in [-0.2, -0.15) is 0 Å². The van der Waals surface area contributed by atoms with E-state index in [2.05, 4.69) is 17.6 Å². The minimum atomic E-state index is -0.899. The third-order valence-corrected chi connectivity index (χ3v) is 6.42. The Bertz CT molecular complexity index is 1060. The molecule has 0 fully saturated rings. The van der Waals surface area contributed by atoms with E-state index in [1.165, 1.54) is 0 Å². The van der Waals surface area contributed by atoms with Crippen molar-refractivity contribution in [2.24, 2.45) is 5.92 Å². The minimum absolute atomic E-state index is 0.233. The summed E-state index contributed by atoms with van der Waals surface area (Å²) in [6.45, 7) is 11.6. The molecule has 0 saturated heterocycles. The van der Waals surface area contributed by atoms with Crippen LogP contribution in [0.3, 0.4) is 0 Å². The third kappa shape index (κ3) is 10.5. The lowest BCUT2D eigenvalue weighted by Gasteiger charge is -2.35. The summed E-state index contributed by atoms with van der Waals surface area (Å²) in [7, 11) is 1.58. The van der Waals surface area contributed by atoms with Crippen LogP contribution < -0.4 is 15.4 Å². The van der Waals surface area contributed by atoms with Gasteiger partial charge >= 0.3 is 6.09 Å². The quantitative estimate of drug-likeness (QED) is 0.253. The smallest absolute Gasteiger partial charge is 0.408 e. The molecule has 2 atom stereocenters. The third-order valence-electron chi connectivity index (χ3n) is 6.42. The monoisotopic (exact) mass is 553 g/mol. The van der Waals surface area contributed by atoms with E-state index in [4.69, 9.17) is 9.47 Å². The van der Waals surface area contributed by atoms with E-state index in [0.29, 0.717) is 23.5 Å². The highest BCUT2D eigenvalue weighted by molar-refractivity contribution is 5.99. The van der Waals surface area contributed by atoms with Gasteiger partial charge in [-0.1, -0.05) is 76.8 Å². The van der Waals surface area contributed by atoms with Gasteiger partial charge in [0.15, 0.2) is 0 Å². The molecule has 8 nitrogen and oxygen atoms in total. The van der Waals surface area contributed by atoms with Crippen LogP contribution in [0.2, 0.25) is 0 Å². The Kier molecular flexibility index (Phi) is 13.0. The van der Waals surface area contributed by atoms with Crippen molar-refractivity contribution < 1.29 is 23.9 Å². The average molecular weight is 554 g/mol. The van der Waals surface area contributed by atoms with Crippen LogP contribution in [0.15, 0.2) is 54.6 Å². The number of rotatable bonds is 14. The van der Waals surface area contributed by atoms with Crippen molar-refractivity contribution in [1.82, 2.24) is 10.2 Å². The van der Waals surface area contributed by atoms with Gasteiger partial charge in [0.25, 0.3) is 5.91 Å². The molecule has 2 unspecified atom stereocenters. The minimum Gasteiger partial charge on any atom is -0.497 e. The first-order valence-corrected chi connectivity index (χ1v) is 14.3. The molecular formula is C32H47N3O5. The number of hydrogen-bond donors (Lipinski definition) is 2. The number of carbonyl (C=O) groups is 3. The normalized spacial score (nSPS) is 12.8. The van der Waals surface area contributed by atoms with Crippen LogP contribution in [0, 0.1) is 5.92 Å². The number of nitrogens with one attached hydrogen (secondary N) is 2. The molecule has 0 aliphatic heterocycles. The van der Waals surface area contributed by atoms with Crippen LogP contribution in [0.5, 0.6) is 5.75 Å². The summed E-state index contributed by atoms with van der Waals surface area (Å²) < 4.78 is 10.7. The van der Waals surface area contributed by atoms with Crippen LogP contribution in [0.25, 0.3) is 0 Å². The molecule has 0 aromatic heterocycles. The number of carbonyl (C=O) groups excluding carboxylic acids is 3. The van der Waals surface area contributed by atoms with Gasteiger partial charge in [-0.15, -0.1) is 0 Å². The fraction of sp³-hybridized carbons (Fsp3) is 0.531. The Morgan fingerprint density at radius 2 is 1.52 bits per heavy atom. The number of ether oxygens (including phenoxy) is 2. The second kappa shape index (κ2) is 15.9. The highest BCUT2D eigenvalue weighted by Gasteiger charge is 2.37. The maximum Gasteiger partial charge on any atom is 0.408 e. The van der Waals surface area contributed by atoms with Crippen molar-refractivity contribution in [2.45, 2.75) is 91.3 Å². The number of amides is 3. The SMILES string of the molecule is CCCCCCCN(C(=O)C(NC(=O)OC(C)(C)C)C(C)C)C(C(=O)Nc1ccc(OC)cc1)c1ccccc1. The van der Waals surface area contributed by atoms with E-state index < -0.39 is 23.8 Å². The Morgan fingerprint density at radius 1 is 0.900 bits per heavy atom. The van der Waals surface area contributed by atoms with Crippen molar-refractivity contribution in [1.29, 1.82) is 0 Å². The molecule has 0 spiro atoms. The van der Waals surface area contributed by atoms with Gasteiger partial charge in [0.1, 0.15) is 23.4 Å². The largest absolute Gasteiger partial charge is 0.497 e. The van der Waals surface area contributed by atoms with Gasteiger partial charge in [0.05, 0.1) is 7.11 Å². The van der Waals surface area contributed by atoms with E-state index in [1.807, 2.05) is 44.2 Å². The van der Waals surface area contributed by atoms with Crippen molar-refractivity contribution in [3.05, 3.63) is 60.2 Å². The molecule has 0 bridgehead atoms. The number of hydrogen-bond acceptors (Lipinski definition) is 5. The summed E-state index contributed by atoms with van der Waals surface area (Å²) in [5.41, 5.74) is 0.572. The first-order chi connectivity index (χ1) is 19.0. The van der Waals surface area contributed by atoms with E-state index in [0.717, 1.165) is 32.1 Å². The number of nitrogens with zero attached hydrogens (tertiary/aromatic N) is 1. The zero-order valence-electron chi connectivity index (χ0n) is 25.2. The zero-order chi connectivity index (χ0) is 29.7. The van der Waals surface area contributed by atoms with Crippen LogP contribution >= 0.6 is 0 Å². The Hall–Kier alpha value is -3.55. The molecule has 0 heterocycles. The highest BCUT2D eigenvalue weighted by atomic mass is 16.6. The molecule has 0 radical (unpaired) electrons. The summed E-state index contributed by atoms with van der Waals surface area (Å²) in [5.74, 6) is -0.216. The van der Waals surface area contributed by atoms with Crippen LogP contribution in [-0.2, 0) is 14.3 Å². The van der Waals surface area contributed by atoms with Crippen molar-refractivity contribution >= 4 is 23.6 Å². The maximum absolute atomic E-state index is 14.2. The highest BCUT2D eigenvalue weighted by Crippen LogP contribution is 2.27. The number of methoxy groups -OCH3 is 1. The summed E-state index contributed by atoms with van der Waals surface area (Å²) in [5, 5.41) is 5.75. The number of alkyl carbamates (subject to hydrolysis) is 1. The van der Waals surface area contributed by atoms with Gasteiger partial charge in [-0.05, 0) is 62.9 Å². The second-order valence-corrected chi connectivity index (χ2v) is 11.3. The van der Waals surface area contributed by atoms with E-state index in [9.17, 15) is 14.4 Å². The summed E-state index contributed by atoms with van der Waals surface area (Å²) in [6.07, 6.45) is 4.28. The average Bonchev–Trinajstić information content (AvgIpc) is 2.90. The molecule has 3 amide bonds. The molecule has 40 heavy (non-hydrogen) atoms. The molecule has 8 heteroatoms. The Labute approximate surface area is 239 Å². The van der Waals surface area contributed by atoms with Crippen LogP contribution in [0.1, 0.15) is 85.3 Å². The maximum atomic E-state index is 14.2. The molecule has 0 aliphatic carbocycles.